The van der Waals surface area contributed by atoms with Gasteiger partial charge in [-0.15, -0.1) is 0 Å². The highest BCUT2D eigenvalue weighted by atomic mass is 32.2. The van der Waals surface area contributed by atoms with Gasteiger partial charge in [0, 0.05) is 26.7 Å². The van der Waals surface area contributed by atoms with Gasteiger partial charge in [0.1, 0.15) is 0 Å². The zero-order valence-electron chi connectivity index (χ0n) is 12.0. The SMILES string of the molecule is COC(C(=O)NCCN1CCCS1(=O)=O)c1ccccc1. The maximum Gasteiger partial charge on any atom is 0.253 e. The number of benzene rings is 1. The normalized spacial score (nSPS) is 19.3. The molecular weight excluding hydrogens is 292 g/mol. The zero-order valence-corrected chi connectivity index (χ0v) is 12.8. The highest BCUT2D eigenvalue weighted by molar-refractivity contribution is 7.89. The van der Waals surface area contributed by atoms with Crippen molar-refractivity contribution in [3.63, 3.8) is 0 Å². The highest BCUT2D eigenvalue weighted by Gasteiger charge is 2.28. The topological polar surface area (TPSA) is 75.7 Å². The molecule has 6 nitrogen and oxygen atoms in total. The van der Waals surface area contributed by atoms with Crippen LogP contribution in [0.3, 0.4) is 0 Å². The van der Waals surface area contributed by atoms with Crippen LogP contribution in [0.5, 0.6) is 0 Å². The van der Waals surface area contributed by atoms with Crippen LogP contribution < -0.4 is 5.32 Å². The van der Waals surface area contributed by atoms with Gasteiger partial charge in [-0.2, -0.15) is 0 Å². The van der Waals surface area contributed by atoms with Crippen LogP contribution in [-0.4, -0.2) is 51.1 Å². The van der Waals surface area contributed by atoms with Gasteiger partial charge in [-0.1, -0.05) is 30.3 Å². The van der Waals surface area contributed by atoms with Crippen molar-refractivity contribution in [1.29, 1.82) is 0 Å². The summed E-state index contributed by atoms with van der Waals surface area (Å²) in [5.74, 6) is -0.0636. The fourth-order valence-corrected chi connectivity index (χ4v) is 3.89. The molecule has 0 saturated carbocycles. The lowest BCUT2D eigenvalue weighted by Crippen LogP contribution is -2.38. The summed E-state index contributed by atoms with van der Waals surface area (Å²) in [5.41, 5.74) is 0.770. The molecule has 0 aliphatic carbocycles. The molecule has 1 aliphatic rings. The van der Waals surface area contributed by atoms with Crippen LogP contribution in [0, 0.1) is 0 Å². The largest absolute Gasteiger partial charge is 0.367 e. The third kappa shape index (κ3) is 4.03. The van der Waals surface area contributed by atoms with Gasteiger partial charge in [0.25, 0.3) is 5.91 Å². The molecule has 21 heavy (non-hydrogen) atoms. The second-order valence-corrected chi connectivity index (χ2v) is 6.97. The number of nitrogens with one attached hydrogen (secondary N) is 1. The summed E-state index contributed by atoms with van der Waals surface area (Å²) in [6, 6.07) is 9.18. The molecule has 116 valence electrons. The summed E-state index contributed by atoms with van der Waals surface area (Å²) in [4.78, 5) is 12.1. The fraction of sp³-hybridized carbons (Fsp3) is 0.500. The Morgan fingerprint density at radius 2 is 2.10 bits per heavy atom. The van der Waals surface area contributed by atoms with Crippen LogP contribution in [0.1, 0.15) is 18.1 Å². The number of hydrogen-bond donors (Lipinski definition) is 1. The lowest BCUT2D eigenvalue weighted by molar-refractivity contribution is -0.131. The van der Waals surface area contributed by atoms with Crippen LogP contribution in [0.15, 0.2) is 30.3 Å². The van der Waals surface area contributed by atoms with E-state index in [9.17, 15) is 13.2 Å². The second-order valence-electron chi connectivity index (χ2n) is 4.89. The van der Waals surface area contributed by atoms with Crippen molar-refractivity contribution >= 4 is 15.9 Å². The van der Waals surface area contributed by atoms with Gasteiger partial charge in [0.05, 0.1) is 5.75 Å². The Kier molecular flexibility index (Phi) is 5.33. The Hall–Kier alpha value is -1.44. The van der Waals surface area contributed by atoms with Crippen molar-refractivity contribution in [2.24, 2.45) is 0 Å². The Balaban J connectivity index is 1.86. The standard InChI is InChI=1S/C14H20N2O4S/c1-20-13(12-6-3-2-4-7-12)14(17)15-8-10-16-9-5-11-21(16,18)19/h2-4,6-7,13H,5,8-11H2,1H3,(H,15,17). The van der Waals surface area contributed by atoms with E-state index >= 15 is 0 Å². The molecule has 0 radical (unpaired) electrons. The first-order valence-corrected chi connectivity index (χ1v) is 8.49. The van der Waals surface area contributed by atoms with E-state index in [4.69, 9.17) is 4.74 Å². The molecule has 0 spiro atoms. The summed E-state index contributed by atoms with van der Waals surface area (Å²) >= 11 is 0. The summed E-state index contributed by atoms with van der Waals surface area (Å²) < 4.78 is 29.9. The van der Waals surface area contributed by atoms with Gasteiger partial charge in [0.2, 0.25) is 10.0 Å². The number of amides is 1. The molecule has 1 amide bonds. The predicted octanol–water partition coefficient (Wildman–Crippen LogP) is 0.526. The van der Waals surface area contributed by atoms with Gasteiger partial charge in [-0.05, 0) is 12.0 Å². The first-order valence-electron chi connectivity index (χ1n) is 6.88. The van der Waals surface area contributed by atoms with E-state index < -0.39 is 16.1 Å². The molecule has 7 heteroatoms. The number of carbonyl (C=O) groups excluding carboxylic acids is 1. The number of hydrogen-bond acceptors (Lipinski definition) is 4. The van der Waals surface area contributed by atoms with Crippen LogP contribution in [0.2, 0.25) is 0 Å². The Bertz CT molecular complexity index is 574. The maximum absolute atomic E-state index is 12.1. The molecule has 1 saturated heterocycles. The molecule has 2 rings (SSSR count). The van der Waals surface area contributed by atoms with Crippen LogP contribution >= 0.6 is 0 Å². The van der Waals surface area contributed by atoms with Gasteiger partial charge in [-0.25, -0.2) is 12.7 Å². The van der Waals surface area contributed by atoms with E-state index in [1.807, 2.05) is 30.3 Å². The first-order chi connectivity index (χ1) is 10.0. The average molecular weight is 312 g/mol. The monoisotopic (exact) mass is 312 g/mol. The minimum Gasteiger partial charge on any atom is -0.367 e. The molecule has 0 bridgehead atoms. The van der Waals surface area contributed by atoms with Crippen molar-refractivity contribution in [3.8, 4) is 0 Å². The van der Waals surface area contributed by atoms with Crippen LogP contribution in [0.25, 0.3) is 0 Å². The summed E-state index contributed by atoms with van der Waals surface area (Å²) in [6.45, 7) is 1.12. The van der Waals surface area contributed by atoms with Crippen molar-refractivity contribution in [3.05, 3.63) is 35.9 Å². The number of carbonyl (C=O) groups is 1. The van der Waals surface area contributed by atoms with E-state index in [1.54, 1.807) is 0 Å². The molecule has 1 N–H and O–H groups in total. The highest BCUT2D eigenvalue weighted by Crippen LogP contribution is 2.16. The molecule has 1 aromatic carbocycles. The average Bonchev–Trinajstić information content (AvgIpc) is 2.80. The van der Waals surface area contributed by atoms with E-state index in [-0.39, 0.29) is 18.2 Å². The smallest absolute Gasteiger partial charge is 0.253 e. The lowest BCUT2D eigenvalue weighted by Gasteiger charge is -2.18. The fourth-order valence-electron chi connectivity index (χ4n) is 2.36. The van der Waals surface area contributed by atoms with E-state index in [0.717, 1.165) is 5.56 Å². The Labute approximate surface area is 125 Å². The predicted molar refractivity (Wildman–Crippen MR) is 79.2 cm³/mol. The van der Waals surface area contributed by atoms with E-state index in [1.165, 1.54) is 11.4 Å². The Morgan fingerprint density at radius 3 is 2.67 bits per heavy atom. The lowest BCUT2D eigenvalue weighted by atomic mass is 10.1. The number of ether oxygens (including phenoxy) is 1. The second kappa shape index (κ2) is 7.02. The van der Waals surface area contributed by atoms with Crippen molar-refractivity contribution in [2.45, 2.75) is 12.5 Å². The van der Waals surface area contributed by atoms with Crippen LogP contribution in [0.4, 0.5) is 0 Å². The summed E-state index contributed by atoms with van der Waals surface area (Å²) in [7, 11) is -1.64. The van der Waals surface area contributed by atoms with E-state index in [0.29, 0.717) is 19.5 Å². The van der Waals surface area contributed by atoms with E-state index in [2.05, 4.69) is 5.32 Å². The molecular formula is C14H20N2O4S. The Morgan fingerprint density at radius 1 is 1.38 bits per heavy atom. The van der Waals surface area contributed by atoms with Gasteiger partial charge < -0.3 is 10.1 Å². The summed E-state index contributed by atoms with van der Waals surface area (Å²) in [6.07, 6.45) is -0.0255. The number of sulfonamides is 1. The molecule has 1 aliphatic heterocycles. The third-order valence-electron chi connectivity index (χ3n) is 3.44. The maximum atomic E-state index is 12.1. The van der Waals surface area contributed by atoms with Crippen molar-refractivity contribution in [1.82, 2.24) is 9.62 Å². The minimum atomic E-state index is -3.11. The zero-order chi connectivity index (χ0) is 15.3. The number of rotatable bonds is 6. The molecule has 1 fully saturated rings. The quantitative estimate of drug-likeness (QED) is 0.831. The molecule has 1 heterocycles. The van der Waals surface area contributed by atoms with Gasteiger partial charge in [0.15, 0.2) is 6.10 Å². The molecule has 0 aromatic heterocycles. The summed E-state index contributed by atoms with van der Waals surface area (Å²) in [5, 5.41) is 2.73. The third-order valence-corrected chi connectivity index (χ3v) is 5.40. The molecule has 1 unspecified atom stereocenters. The van der Waals surface area contributed by atoms with Gasteiger partial charge in [-0.3, -0.25) is 4.79 Å². The molecule has 1 aromatic rings. The minimum absolute atomic E-state index is 0.200. The number of nitrogens with zero attached hydrogens (tertiary/aromatic N) is 1. The van der Waals surface area contributed by atoms with Crippen LogP contribution in [-0.2, 0) is 19.6 Å². The van der Waals surface area contributed by atoms with Crippen molar-refractivity contribution < 1.29 is 17.9 Å². The van der Waals surface area contributed by atoms with Gasteiger partial charge >= 0.3 is 0 Å². The first kappa shape index (κ1) is 15.9. The molecule has 1 atom stereocenters. The van der Waals surface area contributed by atoms with Crippen molar-refractivity contribution in [2.75, 3.05) is 32.5 Å². The number of methoxy groups -OCH3 is 1.